The third-order valence-corrected chi connectivity index (χ3v) is 6.07. The number of ether oxygens (including phenoxy) is 6. The maximum absolute atomic E-state index is 13.9. The number of carbonyl (C=O) groups excluding carboxylic acids is 1. The zero-order chi connectivity index (χ0) is 22.0. The van der Waals surface area contributed by atoms with Gasteiger partial charge in [0.05, 0.1) is 25.3 Å². The topological polar surface area (TPSA) is 72.5 Å². The van der Waals surface area contributed by atoms with Crippen LogP contribution in [0.1, 0.15) is 35.3 Å². The number of methoxy groups -OCH3 is 3. The van der Waals surface area contributed by atoms with Crippen LogP contribution < -0.4 is 23.7 Å². The molecule has 2 atom stereocenters. The number of hydrogen-bond acceptors (Lipinski definition) is 7. The van der Waals surface area contributed by atoms with Gasteiger partial charge in [0.2, 0.25) is 5.78 Å². The molecule has 0 saturated carbocycles. The lowest BCUT2D eigenvalue weighted by Crippen LogP contribution is -2.58. The molecule has 0 N–H and O–H groups in total. The van der Waals surface area contributed by atoms with Crippen LogP contribution in [0, 0.1) is 0 Å². The van der Waals surface area contributed by atoms with Gasteiger partial charge in [0.25, 0.3) is 0 Å². The predicted octanol–water partition coefficient (Wildman–Crippen LogP) is 3.77. The molecule has 0 aliphatic carbocycles. The molecule has 5 rings (SSSR count). The third-order valence-electron chi connectivity index (χ3n) is 6.07. The van der Waals surface area contributed by atoms with Crippen LogP contribution in [0.15, 0.2) is 30.3 Å². The second-order valence-electron chi connectivity index (χ2n) is 8.28. The van der Waals surface area contributed by atoms with Gasteiger partial charge in [-0.05, 0) is 44.2 Å². The Kier molecular flexibility index (Phi) is 4.24. The first-order valence-electron chi connectivity index (χ1n) is 10.1. The molecule has 162 valence electrons. The molecule has 0 unspecified atom stereocenters. The average Bonchev–Trinajstić information content (AvgIpc) is 2.76. The number of hydrogen-bond donors (Lipinski definition) is 0. The van der Waals surface area contributed by atoms with E-state index >= 15 is 0 Å². The Bertz CT molecular complexity index is 1120. The zero-order valence-corrected chi connectivity index (χ0v) is 18.1. The summed E-state index contributed by atoms with van der Waals surface area (Å²) in [4.78, 5) is 13.9. The maximum Gasteiger partial charge on any atom is 0.207 e. The zero-order valence-electron chi connectivity index (χ0n) is 18.1. The van der Waals surface area contributed by atoms with E-state index in [4.69, 9.17) is 28.4 Å². The van der Waals surface area contributed by atoms with Crippen LogP contribution in [-0.4, -0.2) is 45.4 Å². The molecule has 0 aromatic heterocycles. The molecule has 3 heterocycles. The second-order valence-corrected chi connectivity index (χ2v) is 8.28. The molecular formula is C24H24O7. The monoisotopic (exact) mass is 424 g/mol. The summed E-state index contributed by atoms with van der Waals surface area (Å²) >= 11 is 0. The molecule has 3 aliphatic heterocycles. The highest BCUT2D eigenvalue weighted by Crippen LogP contribution is 2.52. The highest BCUT2D eigenvalue weighted by molar-refractivity contribution is 6.08. The van der Waals surface area contributed by atoms with Crippen LogP contribution >= 0.6 is 0 Å². The fourth-order valence-electron chi connectivity index (χ4n) is 4.52. The van der Waals surface area contributed by atoms with Gasteiger partial charge in [-0.25, -0.2) is 0 Å². The van der Waals surface area contributed by atoms with Crippen molar-refractivity contribution in [3.63, 3.8) is 0 Å². The molecule has 0 radical (unpaired) electrons. The Morgan fingerprint density at radius 3 is 2.48 bits per heavy atom. The van der Waals surface area contributed by atoms with Gasteiger partial charge in [0.15, 0.2) is 23.2 Å². The van der Waals surface area contributed by atoms with Crippen molar-refractivity contribution in [2.24, 2.45) is 0 Å². The fourth-order valence-corrected chi connectivity index (χ4v) is 4.52. The number of fused-ring (bicyclic) bond motifs is 6. The van der Waals surface area contributed by atoms with Crippen molar-refractivity contribution in [3.8, 4) is 28.7 Å². The van der Waals surface area contributed by atoms with Gasteiger partial charge in [-0.15, -0.1) is 0 Å². The van der Waals surface area contributed by atoms with Gasteiger partial charge in [-0.2, -0.15) is 0 Å². The average molecular weight is 424 g/mol. The number of rotatable bonds is 3. The van der Waals surface area contributed by atoms with Crippen LogP contribution in [0.25, 0.3) is 6.08 Å². The second kappa shape index (κ2) is 6.65. The lowest BCUT2D eigenvalue weighted by molar-refractivity contribution is -0.102. The molecule has 2 aromatic carbocycles. The normalized spacial score (nSPS) is 24.4. The summed E-state index contributed by atoms with van der Waals surface area (Å²) < 4.78 is 35.2. The van der Waals surface area contributed by atoms with Crippen molar-refractivity contribution in [1.82, 2.24) is 0 Å². The molecule has 0 amide bonds. The highest BCUT2D eigenvalue weighted by Gasteiger charge is 2.58. The third kappa shape index (κ3) is 2.66. The largest absolute Gasteiger partial charge is 0.493 e. The summed E-state index contributed by atoms with van der Waals surface area (Å²) in [6.07, 6.45) is 3.21. The van der Waals surface area contributed by atoms with Crippen LogP contribution in [0.4, 0.5) is 0 Å². The standard InChI is InChI=1S/C24H24O7/c1-23(2)9-8-13-16(31-23)7-6-14-21(13)30-20-12-29-17-11-19(27-4)18(26-3)10-15(17)24(20,28-5)22(14)25/h6-11,20H,12H2,1-5H3/t20-,24+/m1/s1. The molecule has 2 aromatic rings. The Morgan fingerprint density at radius 1 is 1.03 bits per heavy atom. The van der Waals surface area contributed by atoms with E-state index in [1.54, 1.807) is 38.5 Å². The van der Waals surface area contributed by atoms with Crippen molar-refractivity contribution < 1.29 is 33.2 Å². The molecule has 0 bridgehead atoms. The minimum absolute atomic E-state index is 0.140. The van der Waals surface area contributed by atoms with E-state index in [1.165, 1.54) is 7.11 Å². The number of benzene rings is 2. The van der Waals surface area contributed by atoms with E-state index in [2.05, 4.69) is 0 Å². The first-order valence-corrected chi connectivity index (χ1v) is 10.1. The van der Waals surface area contributed by atoms with Gasteiger partial charge in [-0.3, -0.25) is 4.79 Å². The summed E-state index contributed by atoms with van der Waals surface area (Å²) in [7, 11) is 4.60. The van der Waals surface area contributed by atoms with Gasteiger partial charge >= 0.3 is 0 Å². The van der Waals surface area contributed by atoms with Crippen molar-refractivity contribution in [1.29, 1.82) is 0 Å². The molecule has 31 heavy (non-hydrogen) atoms. The van der Waals surface area contributed by atoms with E-state index < -0.39 is 17.3 Å². The SMILES string of the molecule is COc1cc2c(cc1OC)[C@@]1(OC)C(=O)c3ccc4c(c3O[C@@H]1CO2)C=CC(C)(C)O4. The maximum atomic E-state index is 13.9. The van der Waals surface area contributed by atoms with Gasteiger partial charge in [0, 0.05) is 18.7 Å². The highest BCUT2D eigenvalue weighted by atomic mass is 16.6. The fraction of sp³-hybridized carbons (Fsp3) is 0.375. The molecule has 7 nitrogen and oxygen atoms in total. The van der Waals surface area contributed by atoms with E-state index in [-0.39, 0.29) is 12.4 Å². The number of carbonyl (C=O) groups is 1. The lowest BCUT2D eigenvalue weighted by atomic mass is 9.76. The van der Waals surface area contributed by atoms with Crippen LogP contribution in [0.5, 0.6) is 28.7 Å². The first kappa shape index (κ1) is 19.8. The van der Waals surface area contributed by atoms with Crippen molar-refractivity contribution >= 4 is 11.9 Å². The van der Waals surface area contributed by atoms with Crippen molar-refractivity contribution in [3.05, 3.63) is 47.0 Å². The number of Topliss-reactive ketones (excluding diaryl/α,β-unsaturated/α-hetero) is 1. The van der Waals surface area contributed by atoms with Crippen molar-refractivity contribution in [2.45, 2.75) is 31.2 Å². The van der Waals surface area contributed by atoms with Gasteiger partial charge < -0.3 is 28.4 Å². The minimum atomic E-state index is -1.37. The summed E-state index contributed by atoms with van der Waals surface area (Å²) in [5.74, 6) is 2.45. The van der Waals surface area contributed by atoms with Gasteiger partial charge in [0.1, 0.15) is 29.5 Å². The Morgan fingerprint density at radius 2 is 1.77 bits per heavy atom. The van der Waals surface area contributed by atoms with E-state index in [1.807, 2.05) is 26.0 Å². The predicted molar refractivity (Wildman–Crippen MR) is 113 cm³/mol. The van der Waals surface area contributed by atoms with Crippen molar-refractivity contribution in [2.75, 3.05) is 27.9 Å². The molecule has 0 fully saturated rings. The Balaban J connectivity index is 1.69. The smallest absolute Gasteiger partial charge is 0.207 e. The molecule has 0 saturated heterocycles. The Hall–Kier alpha value is -3.19. The lowest BCUT2D eigenvalue weighted by Gasteiger charge is -2.46. The quantitative estimate of drug-likeness (QED) is 0.743. The van der Waals surface area contributed by atoms with Crippen LogP contribution in [-0.2, 0) is 10.3 Å². The summed E-state index contributed by atoms with van der Waals surface area (Å²) in [5.41, 5.74) is -0.0726. The van der Waals surface area contributed by atoms with E-state index in [9.17, 15) is 4.79 Å². The summed E-state index contributed by atoms with van der Waals surface area (Å²) in [5, 5.41) is 0. The minimum Gasteiger partial charge on any atom is -0.493 e. The number of ketones is 1. The molecular weight excluding hydrogens is 400 g/mol. The molecule has 7 heteroatoms. The van der Waals surface area contributed by atoms with E-state index in [0.29, 0.717) is 39.9 Å². The Labute approximate surface area is 180 Å². The van der Waals surface area contributed by atoms with Crippen LogP contribution in [0.3, 0.4) is 0 Å². The summed E-state index contributed by atoms with van der Waals surface area (Å²) in [6.45, 7) is 4.09. The summed E-state index contributed by atoms with van der Waals surface area (Å²) in [6, 6.07) is 6.97. The molecule has 3 aliphatic rings. The molecule has 0 spiro atoms. The first-order chi connectivity index (χ1) is 14.8. The van der Waals surface area contributed by atoms with Crippen LogP contribution in [0.2, 0.25) is 0 Å². The van der Waals surface area contributed by atoms with Gasteiger partial charge in [-0.1, -0.05) is 0 Å². The van der Waals surface area contributed by atoms with E-state index in [0.717, 1.165) is 5.56 Å².